The Morgan fingerprint density at radius 2 is 2.39 bits per heavy atom. The van der Waals surface area contributed by atoms with E-state index >= 15 is 0 Å². The summed E-state index contributed by atoms with van der Waals surface area (Å²) in [6, 6.07) is 3.71. The molecule has 0 radical (unpaired) electrons. The van der Waals surface area contributed by atoms with Crippen LogP contribution in [0.3, 0.4) is 0 Å². The highest BCUT2D eigenvalue weighted by Crippen LogP contribution is 2.16. The van der Waals surface area contributed by atoms with Gasteiger partial charge < -0.3 is 10.1 Å². The van der Waals surface area contributed by atoms with Crippen LogP contribution in [0.4, 0.5) is 5.13 Å². The molecule has 6 nitrogen and oxygen atoms in total. The molecule has 7 heteroatoms. The van der Waals surface area contributed by atoms with Gasteiger partial charge >= 0.3 is 5.97 Å². The normalized spacial score (nSPS) is 10.1. The predicted octanol–water partition coefficient (Wildman–Crippen LogP) is 1.26. The molecule has 2 heterocycles. The average Bonchev–Trinajstić information content (AvgIpc) is 2.85. The predicted molar refractivity (Wildman–Crippen MR) is 67.2 cm³/mol. The van der Waals surface area contributed by atoms with E-state index in [9.17, 15) is 4.79 Å². The van der Waals surface area contributed by atoms with Gasteiger partial charge in [0.25, 0.3) is 0 Å². The van der Waals surface area contributed by atoms with Gasteiger partial charge in [0.15, 0.2) is 5.13 Å². The number of carbonyl (C=O) groups is 1. The molecule has 0 saturated heterocycles. The van der Waals surface area contributed by atoms with Crippen LogP contribution in [-0.2, 0) is 22.5 Å². The Morgan fingerprint density at radius 3 is 3.11 bits per heavy atom. The number of nitrogens with one attached hydrogen (secondary N) is 1. The zero-order valence-electron chi connectivity index (χ0n) is 9.79. The molecule has 18 heavy (non-hydrogen) atoms. The van der Waals surface area contributed by atoms with Crippen molar-refractivity contribution in [3.05, 3.63) is 35.1 Å². The lowest BCUT2D eigenvalue weighted by atomic mass is 10.3. The molecule has 0 amide bonds. The summed E-state index contributed by atoms with van der Waals surface area (Å²) in [7, 11) is 1.36. The summed E-state index contributed by atoms with van der Waals surface area (Å²) >= 11 is 1.44. The van der Waals surface area contributed by atoms with Gasteiger partial charge in [-0.1, -0.05) is 0 Å². The topological polar surface area (TPSA) is 77.0 Å². The van der Waals surface area contributed by atoms with Crippen molar-refractivity contribution in [1.29, 1.82) is 0 Å². The summed E-state index contributed by atoms with van der Waals surface area (Å²) < 4.78 is 4.58. The Hall–Kier alpha value is -2.02. The van der Waals surface area contributed by atoms with Crippen molar-refractivity contribution in [2.45, 2.75) is 13.0 Å². The van der Waals surface area contributed by atoms with Gasteiger partial charge in [-0.3, -0.25) is 4.79 Å². The molecule has 0 fully saturated rings. The highest BCUT2D eigenvalue weighted by molar-refractivity contribution is 7.13. The Labute approximate surface area is 108 Å². The fraction of sp³-hybridized carbons (Fsp3) is 0.273. The molecule has 0 aliphatic heterocycles. The number of carbonyl (C=O) groups excluding carboxylic acids is 1. The number of nitrogens with zero attached hydrogens (tertiary/aromatic N) is 3. The summed E-state index contributed by atoms with van der Waals surface area (Å²) in [6.07, 6.45) is 1.82. The first-order valence-corrected chi connectivity index (χ1v) is 6.17. The Bertz CT molecular complexity index is 515. The number of aromatic nitrogens is 3. The van der Waals surface area contributed by atoms with E-state index in [0.717, 1.165) is 10.8 Å². The van der Waals surface area contributed by atoms with E-state index in [1.165, 1.54) is 18.4 Å². The fourth-order valence-electron chi connectivity index (χ4n) is 1.28. The zero-order valence-corrected chi connectivity index (χ0v) is 10.6. The third-order valence-corrected chi connectivity index (χ3v) is 3.00. The number of anilines is 1. The van der Waals surface area contributed by atoms with Gasteiger partial charge in [-0.2, -0.15) is 10.2 Å². The maximum Gasteiger partial charge on any atom is 0.311 e. The van der Waals surface area contributed by atoms with Crippen LogP contribution in [0.1, 0.15) is 11.4 Å². The third kappa shape index (κ3) is 3.49. The van der Waals surface area contributed by atoms with E-state index in [0.29, 0.717) is 12.2 Å². The molecule has 2 aromatic rings. The number of ether oxygens (including phenoxy) is 1. The number of methoxy groups -OCH3 is 1. The van der Waals surface area contributed by atoms with E-state index in [4.69, 9.17) is 0 Å². The summed E-state index contributed by atoms with van der Waals surface area (Å²) in [5.74, 6) is -0.291. The van der Waals surface area contributed by atoms with Crippen molar-refractivity contribution in [1.82, 2.24) is 15.2 Å². The second-order valence-electron chi connectivity index (χ2n) is 3.47. The van der Waals surface area contributed by atoms with E-state index in [2.05, 4.69) is 25.2 Å². The lowest BCUT2D eigenvalue weighted by Crippen LogP contribution is -2.05. The number of hydrogen-bond donors (Lipinski definition) is 1. The number of esters is 1. The van der Waals surface area contributed by atoms with Crippen LogP contribution in [0.15, 0.2) is 23.7 Å². The minimum atomic E-state index is -0.291. The monoisotopic (exact) mass is 264 g/mol. The van der Waals surface area contributed by atoms with Crippen molar-refractivity contribution in [2.24, 2.45) is 0 Å². The SMILES string of the molecule is COC(=O)Cc1csc(NCc2cccnn2)n1. The Kier molecular flexibility index (Phi) is 4.19. The minimum absolute atomic E-state index is 0.194. The molecule has 0 spiro atoms. The first-order valence-electron chi connectivity index (χ1n) is 5.29. The first-order chi connectivity index (χ1) is 8.78. The molecule has 0 saturated carbocycles. The molecule has 0 aliphatic carbocycles. The van der Waals surface area contributed by atoms with Crippen LogP contribution in [0.2, 0.25) is 0 Å². The van der Waals surface area contributed by atoms with E-state index < -0.39 is 0 Å². The Morgan fingerprint density at radius 1 is 1.50 bits per heavy atom. The third-order valence-electron chi connectivity index (χ3n) is 2.15. The molecule has 2 rings (SSSR count). The highest BCUT2D eigenvalue weighted by Gasteiger charge is 2.07. The second-order valence-corrected chi connectivity index (χ2v) is 4.32. The zero-order chi connectivity index (χ0) is 12.8. The van der Waals surface area contributed by atoms with E-state index in [1.54, 1.807) is 6.20 Å². The lowest BCUT2D eigenvalue weighted by Gasteiger charge is -2.00. The molecular weight excluding hydrogens is 252 g/mol. The van der Waals surface area contributed by atoms with Crippen molar-refractivity contribution >= 4 is 22.4 Å². The summed E-state index contributed by atoms with van der Waals surface area (Å²) in [5, 5.41) is 13.4. The molecule has 0 bridgehead atoms. The van der Waals surface area contributed by atoms with E-state index in [1.807, 2.05) is 17.5 Å². The summed E-state index contributed by atoms with van der Waals surface area (Å²) in [4.78, 5) is 15.3. The number of hydrogen-bond acceptors (Lipinski definition) is 7. The smallest absolute Gasteiger partial charge is 0.311 e. The molecule has 0 aromatic carbocycles. The molecular formula is C11H12N4O2S. The molecule has 1 N–H and O–H groups in total. The van der Waals surface area contributed by atoms with Crippen LogP contribution >= 0.6 is 11.3 Å². The summed E-state index contributed by atoms with van der Waals surface area (Å²) in [5.41, 5.74) is 1.54. The van der Waals surface area contributed by atoms with Gasteiger partial charge in [0.1, 0.15) is 0 Å². The van der Waals surface area contributed by atoms with Crippen molar-refractivity contribution in [3.8, 4) is 0 Å². The van der Waals surface area contributed by atoms with Gasteiger partial charge in [0, 0.05) is 11.6 Å². The van der Waals surface area contributed by atoms with Gasteiger partial charge in [-0.05, 0) is 12.1 Å². The molecule has 2 aromatic heterocycles. The van der Waals surface area contributed by atoms with Crippen LogP contribution < -0.4 is 5.32 Å². The van der Waals surface area contributed by atoms with Gasteiger partial charge in [0.05, 0.1) is 31.5 Å². The molecule has 0 unspecified atom stereocenters. The van der Waals surface area contributed by atoms with Crippen LogP contribution in [0.5, 0.6) is 0 Å². The highest BCUT2D eigenvalue weighted by atomic mass is 32.1. The number of thiazole rings is 1. The van der Waals surface area contributed by atoms with E-state index in [-0.39, 0.29) is 12.4 Å². The van der Waals surface area contributed by atoms with Crippen molar-refractivity contribution < 1.29 is 9.53 Å². The van der Waals surface area contributed by atoms with Crippen LogP contribution in [0, 0.1) is 0 Å². The first kappa shape index (κ1) is 12.4. The summed E-state index contributed by atoms with van der Waals surface area (Å²) in [6.45, 7) is 0.555. The minimum Gasteiger partial charge on any atom is -0.469 e. The fourth-order valence-corrected chi connectivity index (χ4v) is 1.99. The lowest BCUT2D eigenvalue weighted by molar-refractivity contribution is -0.139. The largest absolute Gasteiger partial charge is 0.469 e. The maximum atomic E-state index is 11.1. The standard InChI is InChI=1S/C11H12N4O2S/c1-17-10(16)5-9-7-18-11(14-9)12-6-8-3-2-4-13-15-8/h2-4,7H,5-6H2,1H3,(H,12,14). The van der Waals surface area contributed by atoms with Crippen LogP contribution in [-0.4, -0.2) is 28.3 Å². The maximum absolute atomic E-state index is 11.1. The molecule has 94 valence electrons. The molecule has 0 atom stereocenters. The van der Waals surface area contributed by atoms with Crippen LogP contribution in [0.25, 0.3) is 0 Å². The Balaban J connectivity index is 1.89. The second kappa shape index (κ2) is 6.06. The van der Waals surface area contributed by atoms with Gasteiger partial charge in [-0.15, -0.1) is 11.3 Å². The van der Waals surface area contributed by atoms with Gasteiger partial charge in [-0.25, -0.2) is 4.98 Å². The van der Waals surface area contributed by atoms with Crippen molar-refractivity contribution in [2.75, 3.05) is 12.4 Å². The molecule has 0 aliphatic rings. The number of rotatable bonds is 5. The van der Waals surface area contributed by atoms with Crippen molar-refractivity contribution in [3.63, 3.8) is 0 Å². The average molecular weight is 264 g/mol. The quantitative estimate of drug-likeness (QED) is 0.819. The van der Waals surface area contributed by atoms with Gasteiger partial charge in [0.2, 0.25) is 0 Å².